The van der Waals surface area contributed by atoms with Crippen LogP contribution in [-0.4, -0.2) is 37.0 Å². The first kappa shape index (κ1) is 15.8. The second kappa shape index (κ2) is 6.93. The Morgan fingerprint density at radius 3 is 2.48 bits per heavy atom. The summed E-state index contributed by atoms with van der Waals surface area (Å²) in [5, 5.41) is 3.02. The number of alkyl halides is 3. The van der Waals surface area contributed by atoms with Crippen molar-refractivity contribution in [3.63, 3.8) is 0 Å². The molecule has 1 aliphatic heterocycles. The zero-order chi connectivity index (χ0) is 15.3. The molecule has 116 valence electrons. The SMILES string of the molecule is O=C1CNCCN1CCCCc1ccc(C(F)(F)F)cc1. The Hall–Kier alpha value is -1.56. The van der Waals surface area contributed by atoms with E-state index in [9.17, 15) is 18.0 Å². The van der Waals surface area contributed by atoms with Crippen LogP contribution in [0.3, 0.4) is 0 Å². The van der Waals surface area contributed by atoms with Gasteiger partial charge in [-0.05, 0) is 37.0 Å². The summed E-state index contributed by atoms with van der Waals surface area (Å²) in [7, 11) is 0. The highest BCUT2D eigenvalue weighted by atomic mass is 19.4. The van der Waals surface area contributed by atoms with Gasteiger partial charge < -0.3 is 10.2 Å². The molecule has 0 spiro atoms. The van der Waals surface area contributed by atoms with Crippen LogP contribution in [0.15, 0.2) is 24.3 Å². The second-order valence-electron chi connectivity index (χ2n) is 5.21. The molecule has 0 atom stereocenters. The highest BCUT2D eigenvalue weighted by Gasteiger charge is 2.29. The predicted molar refractivity (Wildman–Crippen MR) is 73.8 cm³/mol. The van der Waals surface area contributed by atoms with E-state index in [1.54, 1.807) is 0 Å². The molecule has 0 aliphatic carbocycles. The number of rotatable bonds is 5. The molecule has 6 heteroatoms. The van der Waals surface area contributed by atoms with Crippen molar-refractivity contribution in [2.45, 2.75) is 25.4 Å². The monoisotopic (exact) mass is 300 g/mol. The Kier molecular flexibility index (Phi) is 5.22. The first-order chi connectivity index (χ1) is 9.97. The van der Waals surface area contributed by atoms with Crippen LogP contribution < -0.4 is 5.32 Å². The van der Waals surface area contributed by atoms with E-state index in [-0.39, 0.29) is 5.91 Å². The first-order valence-corrected chi connectivity index (χ1v) is 7.11. The van der Waals surface area contributed by atoms with E-state index in [2.05, 4.69) is 5.32 Å². The van der Waals surface area contributed by atoms with Crippen molar-refractivity contribution in [1.29, 1.82) is 0 Å². The highest BCUT2D eigenvalue weighted by molar-refractivity contribution is 5.78. The quantitative estimate of drug-likeness (QED) is 0.847. The predicted octanol–water partition coefficient (Wildman–Crippen LogP) is 2.46. The third-order valence-electron chi connectivity index (χ3n) is 3.61. The number of nitrogens with one attached hydrogen (secondary N) is 1. The number of amides is 1. The average Bonchev–Trinajstić information content (AvgIpc) is 2.45. The van der Waals surface area contributed by atoms with E-state index in [1.165, 1.54) is 12.1 Å². The molecule has 0 aromatic heterocycles. The molecule has 0 saturated carbocycles. The lowest BCUT2D eigenvalue weighted by atomic mass is 10.1. The number of piperazine rings is 1. The van der Waals surface area contributed by atoms with Crippen LogP contribution in [0.25, 0.3) is 0 Å². The van der Waals surface area contributed by atoms with E-state index in [0.717, 1.165) is 56.6 Å². The highest BCUT2D eigenvalue weighted by Crippen LogP contribution is 2.29. The van der Waals surface area contributed by atoms with Crippen molar-refractivity contribution in [2.24, 2.45) is 0 Å². The molecule has 1 aromatic rings. The molecule has 1 saturated heterocycles. The smallest absolute Gasteiger partial charge is 0.340 e. The third-order valence-corrected chi connectivity index (χ3v) is 3.61. The number of halogens is 3. The number of hydrogen-bond acceptors (Lipinski definition) is 2. The molecule has 21 heavy (non-hydrogen) atoms. The van der Waals surface area contributed by atoms with Gasteiger partial charge in [0.25, 0.3) is 0 Å². The molecule has 1 heterocycles. The Balaban J connectivity index is 1.72. The maximum Gasteiger partial charge on any atom is 0.416 e. The van der Waals surface area contributed by atoms with Crippen molar-refractivity contribution < 1.29 is 18.0 Å². The average molecular weight is 300 g/mol. The van der Waals surface area contributed by atoms with Gasteiger partial charge in [0, 0.05) is 19.6 Å². The Labute approximate surface area is 122 Å². The van der Waals surface area contributed by atoms with Gasteiger partial charge in [-0.2, -0.15) is 13.2 Å². The van der Waals surface area contributed by atoms with Crippen molar-refractivity contribution in [3.8, 4) is 0 Å². The van der Waals surface area contributed by atoms with Crippen LogP contribution in [0.4, 0.5) is 13.2 Å². The van der Waals surface area contributed by atoms with Crippen molar-refractivity contribution in [1.82, 2.24) is 10.2 Å². The van der Waals surface area contributed by atoms with Gasteiger partial charge in [0.05, 0.1) is 12.1 Å². The van der Waals surface area contributed by atoms with Gasteiger partial charge in [-0.15, -0.1) is 0 Å². The summed E-state index contributed by atoms with van der Waals surface area (Å²) in [6.07, 6.45) is -1.81. The van der Waals surface area contributed by atoms with Crippen molar-refractivity contribution in [2.75, 3.05) is 26.2 Å². The van der Waals surface area contributed by atoms with E-state index in [1.807, 2.05) is 4.90 Å². The van der Waals surface area contributed by atoms with Gasteiger partial charge in [0.1, 0.15) is 0 Å². The van der Waals surface area contributed by atoms with Gasteiger partial charge in [0.15, 0.2) is 0 Å². The summed E-state index contributed by atoms with van der Waals surface area (Å²) >= 11 is 0. The molecule has 0 bridgehead atoms. The lowest BCUT2D eigenvalue weighted by Gasteiger charge is -2.27. The van der Waals surface area contributed by atoms with Crippen LogP contribution in [-0.2, 0) is 17.4 Å². The van der Waals surface area contributed by atoms with Gasteiger partial charge in [-0.3, -0.25) is 4.79 Å². The fourth-order valence-corrected chi connectivity index (χ4v) is 2.37. The van der Waals surface area contributed by atoms with E-state index in [0.29, 0.717) is 6.54 Å². The molecule has 2 rings (SSSR count). The Morgan fingerprint density at radius 1 is 1.14 bits per heavy atom. The molecule has 1 aromatic carbocycles. The van der Waals surface area contributed by atoms with Gasteiger partial charge in [-0.1, -0.05) is 12.1 Å². The Bertz CT molecular complexity index is 471. The molecule has 1 aliphatic rings. The van der Waals surface area contributed by atoms with Crippen LogP contribution in [0.5, 0.6) is 0 Å². The summed E-state index contributed by atoms with van der Waals surface area (Å²) in [6, 6.07) is 5.29. The number of benzene rings is 1. The Morgan fingerprint density at radius 2 is 1.86 bits per heavy atom. The van der Waals surface area contributed by atoms with E-state index >= 15 is 0 Å². The minimum absolute atomic E-state index is 0.121. The topological polar surface area (TPSA) is 32.3 Å². The molecule has 1 fully saturated rings. The van der Waals surface area contributed by atoms with Gasteiger partial charge >= 0.3 is 6.18 Å². The summed E-state index contributed by atoms with van der Waals surface area (Å²) < 4.78 is 37.3. The standard InChI is InChI=1S/C15H19F3N2O/c16-15(17,18)13-6-4-12(5-7-13)3-1-2-9-20-10-8-19-11-14(20)21/h4-7,19H,1-3,8-11H2. The van der Waals surface area contributed by atoms with Gasteiger partial charge in [0.2, 0.25) is 5.91 Å². The number of hydrogen-bond donors (Lipinski definition) is 1. The molecule has 3 nitrogen and oxygen atoms in total. The third kappa shape index (κ3) is 4.74. The van der Waals surface area contributed by atoms with Crippen LogP contribution >= 0.6 is 0 Å². The second-order valence-corrected chi connectivity index (χ2v) is 5.21. The summed E-state index contributed by atoms with van der Waals surface area (Å²) in [4.78, 5) is 13.4. The fraction of sp³-hybridized carbons (Fsp3) is 0.533. The number of nitrogens with zero attached hydrogens (tertiary/aromatic N) is 1. The maximum atomic E-state index is 12.4. The fourth-order valence-electron chi connectivity index (χ4n) is 2.37. The molecular weight excluding hydrogens is 281 g/mol. The normalized spacial score (nSPS) is 16.3. The largest absolute Gasteiger partial charge is 0.416 e. The molecule has 1 N–H and O–H groups in total. The summed E-state index contributed by atoms with van der Waals surface area (Å²) in [5.41, 5.74) is 0.285. The minimum Gasteiger partial charge on any atom is -0.340 e. The zero-order valence-electron chi connectivity index (χ0n) is 11.7. The number of carbonyl (C=O) groups is 1. The van der Waals surface area contributed by atoms with Crippen molar-refractivity contribution in [3.05, 3.63) is 35.4 Å². The number of unbranched alkanes of at least 4 members (excludes halogenated alkanes) is 1. The van der Waals surface area contributed by atoms with Crippen molar-refractivity contribution >= 4 is 5.91 Å². The summed E-state index contributed by atoms with van der Waals surface area (Å²) in [6.45, 7) is 2.68. The molecular formula is C15H19F3N2O. The number of aryl methyl sites for hydroxylation is 1. The van der Waals surface area contributed by atoms with Crippen LogP contribution in [0, 0.1) is 0 Å². The first-order valence-electron chi connectivity index (χ1n) is 7.11. The van der Waals surface area contributed by atoms with Crippen LogP contribution in [0.2, 0.25) is 0 Å². The molecule has 1 amide bonds. The minimum atomic E-state index is -4.28. The lowest BCUT2D eigenvalue weighted by molar-refractivity contribution is -0.137. The molecule has 0 radical (unpaired) electrons. The molecule has 0 unspecified atom stereocenters. The van der Waals surface area contributed by atoms with E-state index < -0.39 is 11.7 Å². The lowest BCUT2D eigenvalue weighted by Crippen LogP contribution is -2.48. The zero-order valence-corrected chi connectivity index (χ0v) is 11.7. The maximum absolute atomic E-state index is 12.4. The number of carbonyl (C=O) groups excluding carboxylic acids is 1. The summed E-state index contributed by atoms with van der Waals surface area (Å²) in [5.74, 6) is 0.121. The van der Waals surface area contributed by atoms with Crippen LogP contribution in [0.1, 0.15) is 24.0 Å². The van der Waals surface area contributed by atoms with Gasteiger partial charge in [-0.25, -0.2) is 0 Å². The van der Waals surface area contributed by atoms with E-state index in [4.69, 9.17) is 0 Å².